The highest BCUT2D eigenvalue weighted by Crippen LogP contribution is 2.48. The van der Waals surface area contributed by atoms with Crippen molar-refractivity contribution in [3.05, 3.63) is 71.0 Å². The summed E-state index contributed by atoms with van der Waals surface area (Å²) >= 11 is 0. The minimum absolute atomic E-state index is 0.171. The van der Waals surface area contributed by atoms with Crippen molar-refractivity contribution in [3.8, 4) is 0 Å². The molecule has 0 amide bonds. The summed E-state index contributed by atoms with van der Waals surface area (Å²) in [7, 11) is 3.97. The molecule has 0 bridgehead atoms. The van der Waals surface area contributed by atoms with Crippen LogP contribution in [-0.4, -0.2) is 25.6 Å². The summed E-state index contributed by atoms with van der Waals surface area (Å²) in [6, 6.07) is 15.9. The van der Waals surface area contributed by atoms with Crippen molar-refractivity contribution in [2.45, 2.75) is 45.3 Å². The maximum atomic E-state index is 14.2. The molecule has 3 heteroatoms. The predicted octanol–water partition coefficient (Wildman–Crippen LogP) is 5.54. The van der Waals surface area contributed by atoms with Crippen LogP contribution in [0.15, 0.2) is 48.5 Å². The molecule has 146 valence electrons. The smallest absolute Gasteiger partial charge is 0.123 e. The Balaban J connectivity index is 1.89. The molecule has 0 heterocycles. The van der Waals surface area contributed by atoms with E-state index in [-0.39, 0.29) is 5.82 Å². The van der Waals surface area contributed by atoms with Crippen LogP contribution in [-0.2, 0) is 16.9 Å². The third-order valence-electron chi connectivity index (χ3n) is 6.19. The van der Waals surface area contributed by atoms with Gasteiger partial charge in [0.2, 0.25) is 0 Å². The number of rotatable bonds is 6. The van der Waals surface area contributed by atoms with Crippen molar-refractivity contribution in [2.75, 3.05) is 20.7 Å². The molecule has 1 saturated carbocycles. The van der Waals surface area contributed by atoms with Gasteiger partial charge in [-0.25, -0.2) is 4.39 Å². The van der Waals surface area contributed by atoms with E-state index in [9.17, 15) is 4.39 Å². The van der Waals surface area contributed by atoms with Gasteiger partial charge in [0.05, 0.1) is 5.60 Å². The Bertz CT molecular complexity index is 727. The zero-order valence-electron chi connectivity index (χ0n) is 17.0. The Morgan fingerprint density at radius 2 is 1.89 bits per heavy atom. The Morgan fingerprint density at radius 1 is 1.15 bits per heavy atom. The molecule has 0 N–H and O–H groups in total. The molecule has 0 aliphatic heterocycles. The number of aryl methyl sites for hydroxylation is 1. The van der Waals surface area contributed by atoms with E-state index in [1.807, 2.05) is 6.92 Å². The first kappa shape index (κ1) is 20.0. The van der Waals surface area contributed by atoms with Crippen LogP contribution in [0.1, 0.15) is 42.9 Å². The molecule has 2 aromatic carbocycles. The molecular weight excluding hydrogens is 337 g/mol. The standard InChI is InChI=1S/C24H32FNO/c1-18-13-22(15-23(25)14-18)24(27-4)19(2)9-8-12-21(24)17-26(3)16-20-10-6-5-7-11-20/h5-7,10-11,13-15,19,21H,8-9,12,16-17H2,1-4H3. The van der Waals surface area contributed by atoms with Crippen LogP contribution < -0.4 is 0 Å². The summed E-state index contributed by atoms with van der Waals surface area (Å²) in [5, 5.41) is 0. The number of methoxy groups -OCH3 is 1. The fourth-order valence-corrected chi connectivity index (χ4v) is 5.03. The highest BCUT2D eigenvalue weighted by Gasteiger charge is 2.47. The molecule has 0 saturated heterocycles. The summed E-state index contributed by atoms with van der Waals surface area (Å²) in [5.41, 5.74) is 2.83. The second kappa shape index (κ2) is 8.53. The van der Waals surface area contributed by atoms with Crippen molar-refractivity contribution in [2.24, 2.45) is 11.8 Å². The third kappa shape index (κ3) is 4.25. The normalized spacial score (nSPS) is 25.7. The van der Waals surface area contributed by atoms with Crippen LogP contribution in [0, 0.1) is 24.6 Å². The average molecular weight is 370 g/mol. The molecule has 1 aliphatic carbocycles. The minimum atomic E-state index is -0.434. The van der Waals surface area contributed by atoms with E-state index in [0.29, 0.717) is 11.8 Å². The van der Waals surface area contributed by atoms with Crippen molar-refractivity contribution >= 4 is 0 Å². The van der Waals surface area contributed by atoms with E-state index in [2.05, 4.69) is 55.3 Å². The summed E-state index contributed by atoms with van der Waals surface area (Å²) in [4.78, 5) is 2.37. The SMILES string of the molecule is COC1(c2cc(C)cc(F)c2)C(C)CCCC1CN(C)Cc1ccccc1. The second-order valence-electron chi connectivity index (χ2n) is 8.23. The van der Waals surface area contributed by atoms with Gasteiger partial charge in [-0.15, -0.1) is 0 Å². The summed E-state index contributed by atoms with van der Waals surface area (Å²) in [5.74, 6) is 0.518. The highest BCUT2D eigenvalue weighted by molar-refractivity contribution is 5.31. The van der Waals surface area contributed by atoms with Gasteiger partial charge in [-0.3, -0.25) is 0 Å². The van der Waals surface area contributed by atoms with Crippen LogP contribution in [0.3, 0.4) is 0 Å². The Morgan fingerprint density at radius 3 is 2.56 bits per heavy atom. The van der Waals surface area contributed by atoms with E-state index in [1.54, 1.807) is 19.2 Å². The quantitative estimate of drug-likeness (QED) is 0.662. The van der Waals surface area contributed by atoms with Crippen LogP contribution >= 0.6 is 0 Å². The van der Waals surface area contributed by atoms with Crippen molar-refractivity contribution in [3.63, 3.8) is 0 Å². The van der Waals surface area contributed by atoms with E-state index in [4.69, 9.17) is 4.74 Å². The fraction of sp³-hybridized carbons (Fsp3) is 0.500. The molecule has 2 nitrogen and oxygen atoms in total. The monoisotopic (exact) mass is 369 g/mol. The van der Waals surface area contributed by atoms with Crippen molar-refractivity contribution in [1.29, 1.82) is 0 Å². The van der Waals surface area contributed by atoms with Gasteiger partial charge in [-0.1, -0.05) is 49.7 Å². The number of hydrogen-bond acceptors (Lipinski definition) is 2. The lowest BCUT2D eigenvalue weighted by molar-refractivity contribution is -0.132. The number of nitrogens with zero attached hydrogens (tertiary/aromatic N) is 1. The lowest BCUT2D eigenvalue weighted by Crippen LogP contribution is -2.49. The molecule has 3 atom stereocenters. The first-order chi connectivity index (χ1) is 13.0. The molecule has 2 aromatic rings. The van der Waals surface area contributed by atoms with Crippen LogP contribution in [0.5, 0.6) is 0 Å². The minimum Gasteiger partial charge on any atom is -0.373 e. The summed E-state index contributed by atoms with van der Waals surface area (Å²) in [6.07, 6.45) is 3.42. The largest absolute Gasteiger partial charge is 0.373 e. The molecule has 3 rings (SSSR count). The van der Waals surface area contributed by atoms with Crippen LogP contribution in [0.4, 0.5) is 4.39 Å². The Labute approximate surface area is 163 Å². The molecule has 0 aromatic heterocycles. The molecule has 3 unspecified atom stereocenters. The zero-order chi connectivity index (χ0) is 19.4. The van der Waals surface area contributed by atoms with Crippen LogP contribution in [0.2, 0.25) is 0 Å². The molecule has 0 spiro atoms. The maximum absolute atomic E-state index is 14.2. The average Bonchev–Trinajstić information content (AvgIpc) is 2.62. The highest BCUT2D eigenvalue weighted by atomic mass is 19.1. The maximum Gasteiger partial charge on any atom is 0.123 e. The third-order valence-corrected chi connectivity index (χ3v) is 6.19. The fourth-order valence-electron chi connectivity index (χ4n) is 5.03. The molecule has 1 fully saturated rings. The lowest BCUT2D eigenvalue weighted by Gasteiger charge is -2.49. The van der Waals surface area contributed by atoms with Gasteiger partial charge in [0.25, 0.3) is 0 Å². The van der Waals surface area contributed by atoms with Gasteiger partial charge in [0, 0.05) is 26.1 Å². The Kier molecular flexibility index (Phi) is 6.33. The van der Waals surface area contributed by atoms with Crippen molar-refractivity contribution in [1.82, 2.24) is 4.90 Å². The van der Waals surface area contributed by atoms with E-state index in [0.717, 1.165) is 37.1 Å². The van der Waals surface area contributed by atoms with Gasteiger partial charge >= 0.3 is 0 Å². The number of ether oxygens (including phenoxy) is 1. The van der Waals surface area contributed by atoms with Gasteiger partial charge in [-0.05, 0) is 61.6 Å². The topological polar surface area (TPSA) is 12.5 Å². The molecular formula is C24H32FNO. The van der Waals surface area contributed by atoms with E-state index >= 15 is 0 Å². The predicted molar refractivity (Wildman–Crippen MR) is 109 cm³/mol. The number of benzene rings is 2. The summed E-state index contributed by atoms with van der Waals surface area (Å²) < 4.78 is 20.5. The van der Waals surface area contributed by atoms with E-state index < -0.39 is 5.60 Å². The molecule has 0 radical (unpaired) electrons. The Hall–Kier alpha value is -1.71. The summed E-state index contributed by atoms with van der Waals surface area (Å²) in [6.45, 7) is 6.06. The van der Waals surface area contributed by atoms with Gasteiger partial charge < -0.3 is 9.64 Å². The van der Waals surface area contributed by atoms with E-state index in [1.165, 1.54) is 12.0 Å². The van der Waals surface area contributed by atoms with Gasteiger partial charge in [0.1, 0.15) is 5.82 Å². The first-order valence-corrected chi connectivity index (χ1v) is 10.0. The van der Waals surface area contributed by atoms with Gasteiger partial charge in [0.15, 0.2) is 0 Å². The lowest BCUT2D eigenvalue weighted by atomic mass is 9.65. The molecule has 1 aliphatic rings. The van der Waals surface area contributed by atoms with Gasteiger partial charge in [-0.2, -0.15) is 0 Å². The number of halogens is 1. The van der Waals surface area contributed by atoms with Crippen LogP contribution in [0.25, 0.3) is 0 Å². The zero-order valence-corrected chi connectivity index (χ0v) is 17.0. The first-order valence-electron chi connectivity index (χ1n) is 10.0. The number of hydrogen-bond donors (Lipinski definition) is 0. The molecule has 27 heavy (non-hydrogen) atoms. The second-order valence-corrected chi connectivity index (χ2v) is 8.23. The van der Waals surface area contributed by atoms with Crippen molar-refractivity contribution < 1.29 is 9.13 Å².